The fraction of sp³-hybridized carbons (Fsp3) is 0.919. The number of rotatable bonds is 25. The molecule has 7 nitrogen and oxygen atoms in total. The maximum absolute atomic E-state index is 11.7. The lowest BCUT2D eigenvalue weighted by atomic mass is 10.00. The van der Waals surface area contributed by atoms with Gasteiger partial charge < -0.3 is 29.5 Å². The van der Waals surface area contributed by atoms with Crippen LogP contribution in [-0.4, -0.2) is 70.1 Å². The van der Waals surface area contributed by atoms with Crippen molar-refractivity contribution in [1.29, 1.82) is 0 Å². The summed E-state index contributed by atoms with van der Waals surface area (Å²) in [5, 5.41) is 31.7. The van der Waals surface area contributed by atoms with Crippen molar-refractivity contribution < 1.29 is 34.3 Å². The van der Waals surface area contributed by atoms with E-state index in [1.165, 1.54) is 51.4 Å². The summed E-state index contributed by atoms with van der Waals surface area (Å²) in [6.45, 7) is 4.11. The van der Waals surface area contributed by atoms with Gasteiger partial charge >= 0.3 is 5.97 Å². The number of hydrogen-bond acceptors (Lipinski definition) is 7. The first-order valence-electron chi connectivity index (χ1n) is 18.6. The first kappa shape index (κ1) is 37.5. The van der Waals surface area contributed by atoms with Gasteiger partial charge in [0.25, 0.3) is 0 Å². The summed E-state index contributed by atoms with van der Waals surface area (Å²) >= 11 is 0. The molecule has 3 aliphatic heterocycles. The van der Waals surface area contributed by atoms with Crippen LogP contribution in [0.3, 0.4) is 0 Å². The number of cyclic esters (lactones) is 1. The molecule has 2 saturated heterocycles. The maximum Gasteiger partial charge on any atom is 0.334 e. The Labute approximate surface area is 268 Å². The van der Waals surface area contributed by atoms with Crippen molar-refractivity contribution in [2.75, 3.05) is 0 Å². The standard InChI is InChI=1S/C37H66O7/c1-3-4-5-6-7-8-9-13-16-19-31(39)33-23-25-35(43-33)36-26-24-34(44-36)32(40)20-17-14-11-10-12-15-18-30(38)22-21-29-27-28(2)42-37(29)41/h27-28,30-36,38-40H,3-26H2,1-2H3/t28-,30-,31-,32-,33-,34+,35-,36+/m0/s1. The summed E-state index contributed by atoms with van der Waals surface area (Å²) in [7, 11) is 0. The molecule has 2 fully saturated rings. The van der Waals surface area contributed by atoms with Gasteiger partial charge in [0.2, 0.25) is 0 Å². The van der Waals surface area contributed by atoms with E-state index in [1.807, 2.05) is 13.0 Å². The lowest BCUT2D eigenvalue weighted by molar-refractivity contribution is -0.139. The first-order valence-corrected chi connectivity index (χ1v) is 18.6. The number of carbonyl (C=O) groups excluding carboxylic acids is 1. The van der Waals surface area contributed by atoms with Crippen LogP contribution in [0.15, 0.2) is 11.6 Å². The van der Waals surface area contributed by atoms with Crippen molar-refractivity contribution in [3.05, 3.63) is 11.6 Å². The number of hydrogen-bond donors (Lipinski definition) is 3. The zero-order valence-electron chi connectivity index (χ0n) is 28.1. The zero-order valence-corrected chi connectivity index (χ0v) is 28.1. The molecule has 7 heteroatoms. The summed E-state index contributed by atoms with van der Waals surface area (Å²) in [6.07, 6.45) is 25.9. The Morgan fingerprint density at radius 1 is 0.659 bits per heavy atom. The fourth-order valence-corrected chi connectivity index (χ4v) is 7.25. The van der Waals surface area contributed by atoms with Crippen LogP contribution in [0.2, 0.25) is 0 Å². The Morgan fingerprint density at radius 2 is 1.11 bits per heavy atom. The van der Waals surface area contributed by atoms with Gasteiger partial charge in [0.05, 0.1) is 42.7 Å². The number of carbonyl (C=O) groups is 1. The smallest absolute Gasteiger partial charge is 0.334 e. The highest BCUT2D eigenvalue weighted by Crippen LogP contribution is 2.34. The largest absolute Gasteiger partial charge is 0.455 e. The quantitative estimate of drug-likeness (QED) is 0.0703. The second-order valence-electron chi connectivity index (χ2n) is 14.0. The third kappa shape index (κ3) is 14.2. The average molecular weight is 623 g/mol. The van der Waals surface area contributed by atoms with Crippen molar-refractivity contribution in [2.24, 2.45) is 0 Å². The maximum atomic E-state index is 11.7. The summed E-state index contributed by atoms with van der Waals surface area (Å²) in [4.78, 5) is 11.7. The highest BCUT2D eigenvalue weighted by Gasteiger charge is 2.40. The molecule has 3 heterocycles. The van der Waals surface area contributed by atoms with E-state index in [-0.39, 0.29) is 48.7 Å². The van der Waals surface area contributed by atoms with E-state index in [2.05, 4.69) is 6.92 Å². The van der Waals surface area contributed by atoms with Crippen LogP contribution in [0.25, 0.3) is 0 Å². The first-order chi connectivity index (χ1) is 21.4. The predicted octanol–water partition coefficient (Wildman–Crippen LogP) is 7.86. The highest BCUT2D eigenvalue weighted by atomic mass is 16.6. The second kappa shape index (κ2) is 21.7. The Bertz CT molecular complexity index is 801. The summed E-state index contributed by atoms with van der Waals surface area (Å²) in [5.41, 5.74) is 0.701. The molecule has 0 aromatic rings. The van der Waals surface area contributed by atoms with Gasteiger partial charge in [0.15, 0.2) is 0 Å². The summed E-state index contributed by atoms with van der Waals surface area (Å²) < 4.78 is 17.7. The number of ether oxygens (including phenoxy) is 3. The molecule has 0 spiro atoms. The molecule has 8 atom stereocenters. The van der Waals surface area contributed by atoms with Crippen LogP contribution in [0.5, 0.6) is 0 Å². The molecule has 0 amide bonds. The summed E-state index contributed by atoms with van der Waals surface area (Å²) in [6, 6.07) is 0. The normalized spacial score (nSPS) is 27.4. The number of unbranched alkanes of at least 4 members (excludes halogenated alkanes) is 13. The third-order valence-corrected chi connectivity index (χ3v) is 10.1. The van der Waals surface area contributed by atoms with Crippen LogP contribution < -0.4 is 0 Å². The Morgan fingerprint density at radius 3 is 1.57 bits per heavy atom. The van der Waals surface area contributed by atoms with Crippen molar-refractivity contribution in [1.82, 2.24) is 0 Å². The van der Waals surface area contributed by atoms with Gasteiger partial charge in [-0.15, -0.1) is 0 Å². The lowest BCUT2D eigenvalue weighted by Gasteiger charge is -2.24. The molecular formula is C37H66O7. The fourth-order valence-electron chi connectivity index (χ4n) is 7.25. The molecule has 44 heavy (non-hydrogen) atoms. The molecule has 0 saturated carbocycles. The summed E-state index contributed by atoms with van der Waals surface area (Å²) in [5.74, 6) is -0.235. The zero-order chi connectivity index (χ0) is 31.6. The van der Waals surface area contributed by atoms with E-state index in [0.717, 1.165) is 89.9 Å². The minimum absolute atomic E-state index is 0.0437. The van der Waals surface area contributed by atoms with E-state index < -0.39 is 6.10 Å². The van der Waals surface area contributed by atoms with Crippen molar-refractivity contribution in [2.45, 2.75) is 217 Å². The molecule has 3 N–H and O–H groups in total. The van der Waals surface area contributed by atoms with E-state index in [9.17, 15) is 20.1 Å². The highest BCUT2D eigenvalue weighted by molar-refractivity contribution is 5.90. The third-order valence-electron chi connectivity index (χ3n) is 10.1. The molecule has 3 rings (SSSR count). The minimum atomic E-state index is -0.417. The van der Waals surface area contributed by atoms with E-state index in [0.29, 0.717) is 18.4 Å². The molecule has 256 valence electrons. The van der Waals surface area contributed by atoms with Crippen molar-refractivity contribution >= 4 is 5.97 Å². The number of aliphatic hydroxyl groups excluding tert-OH is 3. The van der Waals surface area contributed by atoms with E-state index in [4.69, 9.17) is 14.2 Å². The molecule has 0 aliphatic carbocycles. The minimum Gasteiger partial charge on any atom is -0.455 e. The van der Waals surface area contributed by atoms with Gasteiger partial charge in [-0.2, -0.15) is 0 Å². The van der Waals surface area contributed by atoms with Gasteiger partial charge in [0.1, 0.15) is 6.10 Å². The van der Waals surface area contributed by atoms with Gasteiger partial charge in [-0.3, -0.25) is 0 Å². The van der Waals surface area contributed by atoms with Crippen LogP contribution in [-0.2, 0) is 19.0 Å². The number of aliphatic hydroxyl groups is 3. The van der Waals surface area contributed by atoms with Crippen LogP contribution in [0, 0.1) is 0 Å². The predicted molar refractivity (Wildman–Crippen MR) is 175 cm³/mol. The molecule has 0 unspecified atom stereocenters. The van der Waals surface area contributed by atoms with Gasteiger partial charge in [-0.25, -0.2) is 4.79 Å². The Balaban J connectivity index is 1.14. The van der Waals surface area contributed by atoms with E-state index >= 15 is 0 Å². The average Bonchev–Trinajstić information content (AvgIpc) is 3.76. The Hall–Kier alpha value is -0.990. The molecular weight excluding hydrogens is 556 g/mol. The lowest BCUT2D eigenvalue weighted by Crippen LogP contribution is -2.33. The molecule has 0 radical (unpaired) electrons. The Kier molecular flexibility index (Phi) is 18.5. The second-order valence-corrected chi connectivity index (χ2v) is 14.0. The monoisotopic (exact) mass is 622 g/mol. The van der Waals surface area contributed by atoms with Crippen molar-refractivity contribution in [3.63, 3.8) is 0 Å². The van der Waals surface area contributed by atoms with E-state index in [1.54, 1.807) is 0 Å². The van der Waals surface area contributed by atoms with Crippen molar-refractivity contribution in [3.8, 4) is 0 Å². The molecule has 3 aliphatic rings. The van der Waals surface area contributed by atoms with Gasteiger partial charge in [-0.1, -0.05) is 103 Å². The van der Waals surface area contributed by atoms with Crippen LogP contribution in [0.4, 0.5) is 0 Å². The van der Waals surface area contributed by atoms with Crippen LogP contribution in [0.1, 0.15) is 168 Å². The molecule has 0 bridgehead atoms. The molecule has 0 aromatic heterocycles. The topological polar surface area (TPSA) is 105 Å². The van der Waals surface area contributed by atoms with Gasteiger partial charge in [-0.05, 0) is 70.8 Å². The number of esters is 1. The SMILES string of the molecule is CCCCCCCCCCC[C@H](O)[C@@H]1CC[C@@H]([C@H]2CC[C@H]([C@@H](O)CCCCCCCC[C@H](O)CCC3=C[C@H](C)OC3=O)O2)O1. The molecule has 0 aromatic carbocycles. The van der Waals surface area contributed by atoms with Gasteiger partial charge in [0, 0.05) is 5.57 Å². The van der Waals surface area contributed by atoms with Crippen LogP contribution >= 0.6 is 0 Å².